The number of carbonyl (C=O) groups excluding carboxylic acids is 1. The Hall–Kier alpha value is -2.77. The van der Waals surface area contributed by atoms with Gasteiger partial charge >= 0.3 is 6.09 Å². The van der Waals surface area contributed by atoms with Crippen molar-refractivity contribution in [2.75, 3.05) is 13.3 Å². The first-order valence-corrected chi connectivity index (χ1v) is 7.75. The lowest BCUT2D eigenvalue weighted by molar-refractivity contribution is 0.0815. The number of hydrogen-bond acceptors (Lipinski definition) is 3. The fraction of sp³-hybridized carbons (Fsp3) is 0.278. The molecular formula is C18H17F4NO3. The van der Waals surface area contributed by atoms with Gasteiger partial charge in [-0.05, 0) is 11.6 Å². The molecule has 1 N–H and O–H groups in total. The summed E-state index contributed by atoms with van der Waals surface area (Å²) in [5.41, 5.74) is 0.251. The van der Waals surface area contributed by atoms with E-state index in [-0.39, 0.29) is 19.0 Å². The van der Waals surface area contributed by atoms with Gasteiger partial charge in [-0.2, -0.15) is 0 Å². The molecule has 4 nitrogen and oxygen atoms in total. The number of amides is 1. The molecule has 0 bridgehead atoms. The minimum atomic E-state index is -3.06. The fourth-order valence-corrected chi connectivity index (χ4v) is 2.17. The van der Waals surface area contributed by atoms with Gasteiger partial charge in [0.2, 0.25) is 0 Å². The van der Waals surface area contributed by atoms with Gasteiger partial charge in [-0.25, -0.2) is 22.4 Å². The molecule has 0 saturated heterocycles. The Morgan fingerprint density at radius 2 is 1.85 bits per heavy atom. The number of ether oxygens (including phenoxy) is 2. The fourth-order valence-electron chi connectivity index (χ4n) is 2.17. The second-order valence-electron chi connectivity index (χ2n) is 5.24. The third kappa shape index (κ3) is 5.65. The highest BCUT2D eigenvalue weighted by Gasteiger charge is 2.28. The number of halogens is 4. The Morgan fingerprint density at radius 1 is 1.12 bits per heavy atom. The average Bonchev–Trinajstić information content (AvgIpc) is 2.64. The van der Waals surface area contributed by atoms with Crippen LogP contribution in [0.15, 0.2) is 48.5 Å². The summed E-state index contributed by atoms with van der Waals surface area (Å²) in [7, 11) is 0. The molecule has 0 aromatic heterocycles. The molecule has 2 aromatic rings. The normalized spacial score (nSPS) is 11.9. The van der Waals surface area contributed by atoms with Crippen LogP contribution in [0.5, 0.6) is 5.75 Å². The third-order valence-electron chi connectivity index (χ3n) is 3.39. The van der Waals surface area contributed by atoms with E-state index in [4.69, 9.17) is 9.47 Å². The molecule has 0 unspecified atom stereocenters. The van der Waals surface area contributed by atoms with E-state index >= 15 is 0 Å². The molecule has 1 atom stereocenters. The van der Waals surface area contributed by atoms with Gasteiger partial charge in [0.25, 0.3) is 6.43 Å². The van der Waals surface area contributed by atoms with Crippen LogP contribution in [0, 0.1) is 5.82 Å². The van der Waals surface area contributed by atoms with Gasteiger partial charge in [-0.3, -0.25) is 0 Å². The summed E-state index contributed by atoms with van der Waals surface area (Å²) in [6.07, 6.45) is -4.16. The lowest BCUT2D eigenvalue weighted by atomic mass is 10.1. The van der Waals surface area contributed by atoms with E-state index in [1.165, 1.54) is 6.07 Å². The standard InChI is InChI=1S/C18H17F4NO3/c19-8-9-25-13-6-7-14(15(20)10-13)16(17(21)22)23-18(24)26-11-12-4-2-1-3-5-12/h1-7,10,16-17H,8-9,11H2,(H,23,24)/t16-/m1/s1. The van der Waals surface area contributed by atoms with Crippen molar-refractivity contribution in [2.24, 2.45) is 0 Å². The van der Waals surface area contributed by atoms with Gasteiger partial charge < -0.3 is 14.8 Å². The highest BCUT2D eigenvalue weighted by atomic mass is 19.3. The first-order valence-electron chi connectivity index (χ1n) is 7.75. The van der Waals surface area contributed by atoms with E-state index < -0.39 is 36.6 Å². The highest BCUT2D eigenvalue weighted by Crippen LogP contribution is 2.26. The topological polar surface area (TPSA) is 47.6 Å². The van der Waals surface area contributed by atoms with Crippen LogP contribution in [0.1, 0.15) is 17.2 Å². The molecule has 0 heterocycles. The number of hydrogen-bond donors (Lipinski definition) is 1. The van der Waals surface area contributed by atoms with Crippen LogP contribution in [0.25, 0.3) is 0 Å². The van der Waals surface area contributed by atoms with Gasteiger partial charge in [0.1, 0.15) is 37.5 Å². The van der Waals surface area contributed by atoms with E-state index in [1.807, 2.05) is 5.32 Å². The molecule has 140 valence electrons. The Labute approximate surface area is 147 Å². The van der Waals surface area contributed by atoms with Crippen LogP contribution < -0.4 is 10.1 Å². The number of benzene rings is 2. The molecule has 0 saturated carbocycles. The number of alkyl halides is 3. The molecule has 26 heavy (non-hydrogen) atoms. The molecule has 2 aromatic carbocycles. The van der Waals surface area contributed by atoms with Gasteiger partial charge in [0, 0.05) is 11.6 Å². The minimum Gasteiger partial charge on any atom is -0.491 e. The summed E-state index contributed by atoms with van der Waals surface area (Å²) in [5, 5.41) is 1.95. The largest absolute Gasteiger partial charge is 0.491 e. The van der Waals surface area contributed by atoms with Crippen LogP contribution in [0.3, 0.4) is 0 Å². The molecule has 0 aliphatic rings. The second-order valence-corrected chi connectivity index (χ2v) is 5.24. The molecule has 0 aliphatic heterocycles. The number of alkyl carbamates (subject to hydrolysis) is 1. The Kier molecular flexibility index (Phi) is 7.25. The number of carbonyl (C=O) groups is 1. The van der Waals surface area contributed by atoms with Crippen molar-refractivity contribution >= 4 is 6.09 Å². The van der Waals surface area contributed by atoms with Crippen LogP contribution >= 0.6 is 0 Å². The first kappa shape index (κ1) is 19.6. The summed E-state index contributed by atoms with van der Waals surface area (Å²) >= 11 is 0. The van der Waals surface area contributed by atoms with Crippen LogP contribution in [0.2, 0.25) is 0 Å². The molecular weight excluding hydrogens is 354 g/mol. The predicted molar refractivity (Wildman–Crippen MR) is 86.4 cm³/mol. The van der Waals surface area contributed by atoms with E-state index in [9.17, 15) is 22.4 Å². The minimum absolute atomic E-state index is 0.00331. The van der Waals surface area contributed by atoms with Gasteiger partial charge in [-0.15, -0.1) is 0 Å². The van der Waals surface area contributed by atoms with Crippen LogP contribution in [-0.2, 0) is 11.3 Å². The summed E-state index contributed by atoms with van der Waals surface area (Å²) in [6.45, 7) is -1.15. The van der Waals surface area contributed by atoms with Crippen molar-refractivity contribution in [3.8, 4) is 5.75 Å². The summed E-state index contributed by atoms with van der Waals surface area (Å²) in [5.74, 6) is -1.00. The maximum atomic E-state index is 14.1. The molecule has 0 radical (unpaired) electrons. The molecule has 0 fully saturated rings. The molecule has 0 aliphatic carbocycles. The van der Waals surface area contributed by atoms with Gasteiger partial charge in [-0.1, -0.05) is 36.4 Å². The second kappa shape index (κ2) is 9.65. The zero-order chi connectivity index (χ0) is 18.9. The maximum Gasteiger partial charge on any atom is 0.408 e. The van der Waals surface area contributed by atoms with Crippen LogP contribution in [0.4, 0.5) is 22.4 Å². The Bertz CT molecular complexity index is 713. The lowest BCUT2D eigenvalue weighted by Gasteiger charge is -2.19. The summed E-state index contributed by atoms with van der Waals surface area (Å²) < 4.78 is 62.4. The Morgan fingerprint density at radius 3 is 2.46 bits per heavy atom. The summed E-state index contributed by atoms with van der Waals surface area (Å²) in [6, 6.07) is 9.89. The SMILES string of the molecule is O=C(N[C@H](c1ccc(OCCF)cc1F)C(F)F)OCc1ccccc1. The third-order valence-corrected chi connectivity index (χ3v) is 3.39. The van der Waals surface area contributed by atoms with Crippen molar-refractivity contribution in [2.45, 2.75) is 19.1 Å². The zero-order valence-electron chi connectivity index (χ0n) is 13.6. The van der Waals surface area contributed by atoms with E-state index in [0.29, 0.717) is 5.56 Å². The van der Waals surface area contributed by atoms with Crippen molar-refractivity contribution < 1.29 is 31.8 Å². The quantitative estimate of drug-likeness (QED) is 0.700. The van der Waals surface area contributed by atoms with E-state index in [2.05, 4.69) is 0 Å². The molecule has 1 amide bonds. The van der Waals surface area contributed by atoms with Crippen molar-refractivity contribution in [1.29, 1.82) is 0 Å². The lowest BCUT2D eigenvalue weighted by Crippen LogP contribution is -2.34. The number of rotatable bonds is 8. The first-order chi connectivity index (χ1) is 12.5. The van der Waals surface area contributed by atoms with Gasteiger partial charge in [0.15, 0.2) is 0 Å². The van der Waals surface area contributed by atoms with Crippen molar-refractivity contribution in [3.05, 3.63) is 65.5 Å². The Balaban J connectivity index is 2.02. The molecule has 2 rings (SSSR count). The highest BCUT2D eigenvalue weighted by molar-refractivity contribution is 5.68. The van der Waals surface area contributed by atoms with E-state index in [1.54, 1.807) is 30.3 Å². The zero-order valence-corrected chi connectivity index (χ0v) is 13.6. The number of nitrogens with one attached hydrogen (secondary N) is 1. The van der Waals surface area contributed by atoms with Gasteiger partial charge in [0.05, 0.1) is 0 Å². The monoisotopic (exact) mass is 371 g/mol. The van der Waals surface area contributed by atoms with Crippen LogP contribution in [-0.4, -0.2) is 25.8 Å². The van der Waals surface area contributed by atoms with Crippen molar-refractivity contribution in [1.82, 2.24) is 5.32 Å². The summed E-state index contributed by atoms with van der Waals surface area (Å²) in [4.78, 5) is 11.8. The van der Waals surface area contributed by atoms with E-state index in [0.717, 1.165) is 12.1 Å². The predicted octanol–water partition coefficient (Wildman–Crippen LogP) is 4.41. The smallest absolute Gasteiger partial charge is 0.408 e. The average molecular weight is 371 g/mol. The maximum absolute atomic E-state index is 14.1. The van der Waals surface area contributed by atoms with Crippen molar-refractivity contribution in [3.63, 3.8) is 0 Å². The molecule has 8 heteroatoms. The molecule has 0 spiro atoms.